The van der Waals surface area contributed by atoms with Crippen molar-refractivity contribution in [1.82, 2.24) is 0 Å². The average molecular weight is 227 g/mol. The monoisotopic (exact) mass is 226 g/mol. The van der Waals surface area contributed by atoms with Crippen molar-refractivity contribution in [3.63, 3.8) is 0 Å². The van der Waals surface area contributed by atoms with Crippen molar-refractivity contribution in [3.8, 4) is 16.9 Å². The molecule has 0 aromatic heterocycles. The van der Waals surface area contributed by atoms with E-state index in [4.69, 9.17) is 11.6 Å². The summed E-state index contributed by atoms with van der Waals surface area (Å²) in [6.07, 6.45) is 0. The number of rotatable bonds is 1. The Kier molecular flexibility index (Phi) is 4.68. The van der Waals surface area contributed by atoms with Gasteiger partial charge in [-0.05, 0) is 23.3 Å². The van der Waals surface area contributed by atoms with Gasteiger partial charge in [-0.1, -0.05) is 48.0 Å². The second-order valence-corrected chi connectivity index (χ2v) is 3.44. The molecule has 0 amide bonds. The minimum Gasteiger partial charge on any atom is -0.872 e. The molecule has 2 aromatic carbocycles. The van der Waals surface area contributed by atoms with Crippen LogP contribution in [0.1, 0.15) is 0 Å². The van der Waals surface area contributed by atoms with Crippen LogP contribution in [-0.4, -0.2) is 0 Å². The predicted molar refractivity (Wildman–Crippen MR) is 56.3 cm³/mol. The van der Waals surface area contributed by atoms with Gasteiger partial charge in [-0.2, -0.15) is 0 Å². The molecular weight excluding hydrogens is 219 g/mol. The van der Waals surface area contributed by atoms with Gasteiger partial charge in [0.1, 0.15) is 0 Å². The summed E-state index contributed by atoms with van der Waals surface area (Å²) in [5.41, 5.74) is 1.55. The van der Waals surface area contributed by atoms with Crippen LogP contribution in [0.4, 0.5) is 0 Å². The average Bonchev–Trinajstić information content (AvgIpc) is 2.23. The molecule has 2 rings (SSSR count). The van der Waals surface area contributed by atoms with E-state index in [1.165, 1.54) is 6.07 Å². The minimum absolute atomic E-state index is 0. The molecule has 0 saturated carbocycles. The van der Waals surface area contributed by atoms with Crippen LogP contribution in [0.3, 0.4) is 0 Å². The summed E-state index contributed by atoms with van der Waals surface area (Å²) in [5, 5.41) is 12.1. The summed E-state index contributed by atoms with van der Waals surface area (Å²) in [5.74, 6) is 0.000556. The number of halogens is 1. The molecule has 0 fully saturated rings. The van der Waals surface area contributed by atoms with Crippen molar-refractivity contribution in [1.29, 1.82) is 0 Å². The third-order valence-electron chi connectivity index (χ3n) is 2.03. The molecule has 3 heteroatoms. The van der Waals surface area contributed by atoms with Crippen molar-refractivity contribution in [2.24, 2.45) is 0 Å². The molecule has 15 heavy (non-hydrogen) atoms. The Hall–Kier alpha value is -0.470. The van der Waals surface area contributed by atoms with E-state index in [9.17, 15) is 5.11 Å². The standard InChI is InChI=1S/C12H9ClO.Na/c13-10-6-7-12(14)11(8-10)9-4-2-1-3-5-9;/h1-8,14H;/q;+1/p-1. The van der Waals surface area contributed by atoms with Crippen molar-refractivity contribution in [3.05, 3.63) is 53.6 Å². The van der Waals surface area contributed by atoms with E-state index in [0.717, 1.165) is 5.56 Å². The van der Waals surface area contributed by atoms with E-state index in [0.29, 0.717) is 10.6 Å². The summed E-state index contributed by atoms with van der Waals surface area (Å²) in [7, 11) is 0. The first-order chi connectivity index (χ1) is 6.77. The van der Waals surface area contributed by atoms with Gasteiger partial charge in [-0.25, -0.2) is 0 Å². The Morgan fingerprint density at radius 2 is 1.60 bits per heavy atom. The first-order valence-corrected chi connectivity index (χ1v) is 4.67. The van der Waals surface area contributed by atoms with E-state index in [1.54, 1.807) is 12.1 Å². The van der Waals surface area contributed by atoms with E-state index >= 15 is 0 Å². The molecular formula is C12H8ClNaO. The van der Waals surface area contributed by atoms with Crippen molar-refractivity contribution < 1.29 is 34.7 Å². The molecule has 0 aliphatic carbocycles. The first-order valence-electron chi connectivity index (χ1n) is 4.29. The molecule has 70 valence electrons. The predicted octanol–water partition coefficient (Wildman–Crippen LogP) is 0.0846. The van der Waals surface area contributed by atoms with Crippen LogP contribution in [0.2, 0.25) is 5.02 Å². The summed E-state index contributed by atoms with van der Waals surface area (Å²) >= 11 is 5.83. The van der Waals surface area contributed by atoms with Crippen LogP contribution in [-0.2, 0) is 0 Å². The minimum atomic E-state index is 0. The molecule has 0 bridgehead atoms. The topological polar surface area (TPSA) is 23.1 Å². The largest absolute Gasteiger partial charge is 1.00 e. The zero-order valence-electron chi connectivity index (χ0n) is 8.41. The Morgan fingerprint density at radius 3 is 2.27 bits per heavy atom. The van der Waals surface area contributed by atoms with Crippen LogP contribution >= 0.6 is 11.6 Å². The summed E-state index contributed by atoms with van der Waals surface area (Å²) < 4.78 is 0. The van der Waals surface area contributed by atoms with Gasteiger partial charge in [0.15, 0.2) is 0 Å². The molecule has 0 heterocycles. The Labute approximate surface area is 116 Å². The van der Waals surface area contributed by atoms with Crippen molar-refractivity contribution in [2.45, 2.75) is 0 Å². The fourth-order valence-corrected chi connectivity index (χ4v) is 1.52. The molecule has 0 spiro atoms. The van der Waals surface area contributed by atoms with Gasteiger partial charge in [0.2, 0.25) is 0 Å². The van der Waals surface area contributed by atoms with E-state index in [2.05, 4.69) is 0 Å². The Balaban J connectivity index is 0.00000112. The summed E-state index contributed by atoms with van der Waals surface area (Å²) in [6, 6.07) is 14.3. The van der Waals surface area contributed by atoms with Crippen molar-refractivity contribution >= 4 is 11.6 Å². The fourth-order valence-electron chi connectivity index (χ4n) is 1.35. The summed E-state index contributed by atoms with van der Waals surface area (Å²) in [6.45, 7) is 0. The Bertz CT molecular complexity index is 443. The van der Waals surface area contributed by atoms with Gasteiger partial charge in [0.25, 0.3) is 0 Å². The van der Waals surface area contributed by atoms with Gasteiger partial charge in [-0.15, -0.1) is 5.75 Å². The third-order valence-corrected chi connectivity index (χ3v) is 2.26. The Morgan fingerprint density at radius 1 is 0.933 bits per heavy atom. The van der Waals surface area contributed by atoms with Crippen LogP contribution < -0.4 is 34.7 Å². The van der Waals surface area contributed by atoms with Crippen molar-refractivity contribution in [2.75, 3.05) is 0 Å². The van der Waals surface area contributed by atoms with E-state index < -0.39 is 0 Å². The van der Waals surface area contributed by atoms with E-state index in [1.807, 2.05) is 30.3 Å². The zero-order valence-corrected chi connectivity index (χ0v) is 11.2. The molecule has 0 atom stereocenters. The molecule has 0 N–H and O–H groups in total. The van der Waals surface area contributed by atoms with Gasteiger partial charge in [-0.3, -0.25) is 0 Å². The van der Waals surface area contributed by atoms with Gasteiger partial charge in [0, 0.05) is 5.02 Å². The molecule has 0 unspecified atom stereocenters. The maximum atomic E-state index is 11.5. The van der Waals surface area contributed by atoms with Crippen LogP contribution in [0.15, 0.2) is 48.5 Å². The number of hydrogen-bond donors (Lipinski definition) is 0. The molecule has 0 saturated heterocycles. The molecule has 2 aromatic rings. The van der Waals surface area contributed by atoms with Crippen LogP contribution in [0, 0.1) is 0 Å². The molecule has 1 nitrogen and oxygen atoms in total. The van der Waals surface area contributed by atoms with Gasteiger partial charge < -0.3 is 5.11 Å². The van der Waals surface area contributed by atoms with E-state index in [-0.39, 0.29) is 35.3 Å². The zero-order chi connectivity index (χ0) is 9.97. The van der Waals surface area contributed by atoms with Gasteiger partial charge in [0.05, 0.1) is 0 Å². The quantitative estimate of drug-likeness (QED) is 0.632. The van der Waals surface area contributed by atoms with Crippen LogP contribution in [0.5, 0.6) is 5.75 Å². The fraction of sp³-hybridized carbons (Fsp3) is 0. The van der Waals surface area contributed by atoms with Gasteiger partial charge >= 0.3 is 29.6 Å². The van der Waals surface area contributed by atoms with Crippen LogP contribution in [0.25, 0.3) is 11.1 Å². The smallest absolute Gasteiger partial charge is 0.872 e. The maximum Gasteiger partial charge on any atom is 1.00 e. The number of hydrogen-bond acceptors (Lipinski definition) is 1. The molecule has 0 radical (unpaired) electrons. The third kappa shape index (κ3) is 2.99. The second kappa shape index (κ2) is 5.57. The second-order valence-electron chi connectivity index (χ2n) is 3.01. The molecule has 0 aliphatic rings. The normalized spacial score (nSPS) is 9.40. The maximum absolute atomic E-state index is 11.5. The summed E-state index contributed by atoms with van der Waals surface area (Å²) in [4.78, 5) is 0. The first kappa shape index (κ1) is 12.6. The SMILES string of the molecule is [Na+].[O-]c1ccc(Cl)cc1-c1ccccc1. The molecule has 0 aliphatic heterocycles. The number of benzene rings is 2.